The van der Waals surface area contributed by atoms with Crippen molar-refractivity contribution in [1.82, 2.24) is 9.97 Å². The molecule has 126 valence electrons. The van der Waals surface area contributed by atoms with Crippen LogP contribution in [0.1, 0.15) is 16.2 Å². The van der Waals surface area contributed by atoms with E-state index >= 15 is 0 Å². The Bertz CT molecular complexity index is 963. The number of halogens is 2. The molecule has 1 aromatic heterocycles. The van der Waals surface area contributed by atoms with E-state index in [0.29, 0.717) is 38.6 Å². The Morgan fingerprint density at radius 2 is 1.64 bits per heavy atom. The monoisotopic (exact) mass is 389 g/mol. The van der Waals surface area contributed by atoms with Crippen LogP contribution in [0.25, 0.3) is 11.3 Å². The Hall–Kier alpha value is -2.08. The molecule has 4 nitrogen and oxygen atoms in total. The standard InChI is InChI=1S/C18H13Cl2N3OS/c1-10-21-16(11-6-2-3-7-12(11)19)15(18(24)25)17(22-10)23-14-9-5-4-8-13(14)20/h2-9H,1H3,(H,24,25)(H,21,22,23). The molecule has 0 atom stereocenters. The SMILES string of the molecule is Cc1nc(Nc2ccccc2Cl)c(C(=O)S)c(-c2ccccc2Cl)n1. The van der Waals surface area contributed by atoms with Crippen LogP contribution in [0, 0.1) is 6.92 Å². The number of nitrogens with one attached hydrogen (secondary N) is 1. The van der Waals surface area contributed by atoms with Crippen LogP contribution < -0.4 is 5.32 Å². The first-order valence-electron chi connectivity index (χ1n) is 7.35. The molecular formula is C18H13Cl2N3OS. The summed E-state index contributed by atoms with van der Waals surface area (Å²) in [6.45, 7) is 1.74. The van der Waals surface area contributed by atoms with E-state index in [0.717, 1.165) is 0 Å². The molecule has 7 heteroatoms. The molecule has 0 aliphatic rings. The molecule has 0 fully saturated rings. The van der Waals surface area contributed by atoms with E-state index in [1.807, 2.05) is 24.3 Å². The molecule has 3 aromatic rings. The number of hydrogen-bond acceptors (Lipinski definition) is 4. The summed E-state index contributed by atoms with van der Waals surface area (Å²) in [4.78, 5) is 21.0. The Morgan fingerprint density at radius 1 is 1.00 bits per heavy atom. The number of aromatic nitrogens is 2. The van der Waals surface area contributed by atoms with Gasteiger partial charge < -0.3 is 5.32 Å². The van der Waals surface area contributed by atoms with Gasteiger partial charge in [0.15, 0.2) is 0 Å². The average Bonchev–Trinajstić information content (AvgIpc) is 2.56. The molecule has 0 bridgehead atoms. The predicted molar refractivity (Wildman–Crippen MR) is 105 cm³/mol. The van der Waals surface area contributed by atoms with Crippen LogP contribution in [0.2, 0.25) is 10.0 Å². The van der Waals surface area contributed by atoms with Crippen LogP contribution in [-0.4, -0.2) is 15.1 Å². The highest BCUT2D eigenvalue weighted by Gasteiger charge is 2.21. The van der Waals surface area contributed by atoms with E-state index in [4.69, 9.17) is 23.2 Å². The summed E-state index contributed by atoms with van der Waals surface area (Å²) in [6, 6.07) is 14.4. The normalized spacial score (nSPS) is 10.6. The van der Waals surface area contributed by atoms with E-state index in [2.05, 4.69) is 27.9 Å². The number of carbonyl (C=O) groups excluding carboxylic acids is 1. The lowest BCUT2D eigenvalue weighted by atomic mass is 10.1. The Balaban J connectivity index is 2.21. The zero-order chi connectivity index (χ0) is 18.0. The summed E-state index contributed by atoms with van der Waals surface area (Å²) in [5.41, 5.74) is 1.92. The van der Waals surface area contributed by atoms with E-state index in [1.54, 1.807) is 31.2 Å². The molecular weight excluding hydrogens is 377 g/mol. The lowest BCUT2D eigenvalue weighted by molar-refractivity contribution is 0.109. The molecule has 0 saturated carbocycles. The van der Waals surface area contributed by atoms with E-state index in [9.17, 15) is 4.79 Å². The second kappa shape index (κ2) is 7.44. The lowest BCUT2D eigenvalue weighted by Crippen LogP contribution is -2.08. The van der Waals surface area contributed by atoms with Crippen molar-refractivity contribution < 1.29 is 4.79 Å². The van der Waals surface area contributed by atoms with Crippen LogP contribution in [0.3, 0.4) is 0 Å². The fourth-order valence-corrected chi connectivity index (χ4v) is 3.02. The van der Waals surface area contributed by atoms with Crippen LogP contribution >= 0.6 is 35.8 Å². The predicted octanol–water partition coefficient (Wildman–Crippen LogP) is 5.57. The van der Waals surface area contributed by atoms with Gasteiger partial charge in [0.25, 0.3) is 0 Å². The van der Waals surface area contributed by atoms with Crippen molar-refractivity contribution in [3.8, 4) is 11.3 Å². The van der Waals surface area contributed by atoms with Gasteiger partial charge in [-0.3, -0.25) is 4.79 Å². The molecule has 0 unspecified atom stereocenters. The number of carbonyl (C=O) groups is 1. The lowest BCUT2D eigenvalue weighted by Gasteiger charge is -2.15. The van der Waals surface area contributed by atoms with Gasteiger partial charge in [-0.25, -0.2) is 9.97 Å². The Morgan fingerprint density at radius 3 is 2.28 bits per heavy atom. The molecule has 0 radical (unpaired) electrons. The molecule has 0 spiro atoms. The number of para-hydroxylation sites is 1. The quantitative estimate of drug-likeness (QED) is 0.572. The number of thiol groups is 1. The van der Waals surface area contributed by atoms with Crippen molar-refractivity contribution >= 4 is 52.5 Å². The van der Waals surface area contributed by atoms with Gasteiger partial charge in [0, 0.05) is 10.6 Å². The van der Waals surface area contributed by atoms with Crippen molar-refractivity contribution in [2.75, 3.05) is 5.32 Å². The van der Waals surface area contributed by atoms with Crippen LogP contribution in [0.15, 0.2) is 48.5 Å². The van der Waals surface area contributed by atoms with E-state index in [1.165, 1.54) is 0 Å². The van der Waals surface area contributed by atoms with Crippen molar-refractivity contribution in [1.29, 1.82) is 0 Å². The highest BCUT2D eigenvalue weighted by molar-refractivity contribution is 7.97. The van der Waals surface area contributed by atoms with Gasteiger partial charge in [0.1, 0.15) is 11.6 Å². The molecule has 25 heavy (non-hydrogen) atoms. The minimum absolute atomic E-state index is 0.238. The Kier molecular flexibility index (Phi) is 5.27. The molecule has 0 aliphatic heterocycles. The van der Waals surface area contributed by atoms with Gasteiger partial charge in [-0.1, -0.05) is 53.5 Å². The zero-order valence-electron chi connectivity index (χ0n) is 13.1. The van der Waals surface area contributed by atoms with Gasteiger partial charge in [0.2, 0.25) is 5.12 Å². The largest absolute Gasteiger partial charge is 0.338 e. The summed E-state index contributed by atoms with van der Waals surface area (Å²) in [5.74, 6) is 0.818. The van der Waals surface area contributed by atoms with Gasteiger partial charge in [0.05, 0.1) is 22.0 Å². The third-order valence-corrected chi connectivity index (χ3v) is 4.37. The molecule has 2 aromatic carbocycles. The Labute approximate surface area is 160 Å². The van der Waals surface area contributed by atoms with Crippen LogP contribution in [0.4, 0.5) is 11.5 Å². The first kappa shape index (κ1) is 17.7. The fraction of sp³-hybridized carbons (Fsp3) is 0.0556. The fourth-order valence-electron chi connectivity index (χ4n) is 2.40. The van der Waals surface area contributed by atoms with Gasteiger partial charge >= 0.3 is 0 Å². The van der Waals surface area contributed by atoms with Gasteiger partial charge in [-0.15, -0.1) is 12.6 Å². The van der Waals surface area contributed by atoms with Crippen molar-refractivity contribution in [2.24, 2.45) is 0 Å². The summed E-state index contributed by atoms with van der Waals surface area (Å²) in [7, 11) is 0. The molecule has 1 N–H and O–H groups in total. The number of nitrogens with zero attached hydrogens (tertiary/aromatic N) is 2. The molecule has 0 saturated heterocycles. The van der Waals surface area contributed by atoms with Crippen molar-refractivity contribution in [3.05, 3.63) is 70.0 Å². The van der Waals surface area contributed by atoms with Crippen molar-refractivity contribution in [3.63, 3.8) is 0 Å². The second-order valence-corrected chi connectivity index (χ2v) is 6.45. The van der Waals surface area contributed by atoms with E-state index < -0.39 is 5.12 Å². The molecule has 3 rings (SSSR count). The molecule has 1 heterocycles. The number of rotatable bonds is 4. The zero-order valence-corrected chi connectivity index (χ0v) is 15.5. The number of hydrogen-bond donors (Lipinski definition) is 2. The third kappa shape index (κ3) is 3.79. The first-order valence-corrected chi connectivity index (χ1v) is 8.56. The smallest absolute Gasteiger partial charge is 0.222 e. The van der Waals surface area contributed by atoms with Crippen LogP contribution in [0.5, 0.6) is 0 Å². The molecule has 0 amide bonds. The highest BCUT2D eigenvalue weighted by atomic mass is 35.5. The summed E-state index contributed by atoms with van der Waals surface area (Å²) < 4.78 is 0. The number of benzene rings is 2. The summed E-state index contributed by atoms with van der Waals surface area (Å²) >= 11 is 16.5. The average molecular weight is 390 g/mol. The maximum absolute atomic E-state index is 12.2. The maximum Gasteiger partial charge on any atom is 0.222 e. The van der Waals surface area contributed by atoms with Gasteiger partial charge in [-0.2, -0.15) is 0 Å². The maximum atomic E-state index is 12.2. The van der Waals surface area contributed by atoms with Crippen LogP contribution in [-0.2, 0) is 0 Å². The van der Waals surface area contributed by atoms with Crippen molar-refractivity contribution in [2.45, 2.75) is 6.92 Å². The summed E-state index contributed by atoms with van der Waals surface area (Å²) in [6.07, 6.45) is 0. The van der Waals surface area contributed by atoms with Gasteiger partial charge in [-0.05, 0) is 25.1 Å². The minimum Gasteiger partial charge on any atom is -0.338 e. The third-order valence-electron chi connectivity index (χ3n) is 3.49. The molecule has 0 aliphatic carbocycles. The van der Waals surface area contributed by atoms with E-state index in [-0.39, 0.29) is 5.56 Å². The number of anilines is 2. The minimum atomic E-state index is -0.468. The first-order chi connectivity index (χ1) is 12.0. The number of aryl methyl sites for hydroxylation is 1. The summed E-state index contributed by atoms with van der Waals surface area (Å²) in [5, 5.41) is 3.62. The second-order valence-electron chi connectivity index (χ2n) is 5.23. The topological polar surface area (TPSA) is 54.9 Å². The highest BCUT2D eigenvalue weighted by Crippen LogP contribution is 2.34.